The third-order valence-electron chi connectivity index (χ3n) is 1.80. The summed E-state index contributed by atoms with van der Waals surface area (Å²) in [4.78, 5) is 0. The molecule has 0 fully saturated rings. The van der Waals surface area contributed by atoms with Crippen LogP contribution in [0.1, 0.15) is 14.8 Å². The van der Waals surface area contributed by atoms with Crippen LogP contribution in [-0.2, 0) is 24.7 Å². The molecule has 1 aromatic rings. The summed E-state index contributed by atoms with van der Waals surface area (Å²) in [7, 11) is 3.00. The Morgan fingerprint density at radius 2 is 1.44 bits per heavy atom. The average Bonchev–Trinajstić information content (AvgIpc) is 2.79. The number of aliphatic hydroxyl groups excluding tert-OH is 3. The Labute approximate surface area is 112 Å². The normalized spacial score (nSPS) is 14.2. The molecular weight excluding hydrogens is 283 g/mol. The maximum atomic E-state index is 7.00. The van der Waals surface area contributed by atoms with Crippen molar-refractivity contribution in [1.29, 1.82) is 0 Å². The van der Waals surface area contributed by atoms with E-state index in [1.165, 1.54) is 11.1 Å². The molecule has 0 aliphatic heterocycles. The van der Waals surface area contributed by atoms with Gasteiger partial charge in [0.2, 0.25) is 0 Å². The van der Waals surface area contributed by atoms with Gasteiger partial charge in [-0.3, -0.25) is 0 Å². The van der Waals surface area contributed by atoms with Crippen LogP contribution in [0.5, 0.6) is 0 Å². The molecular formula is C12H19O3Zr. The zero-order valence-electron chi connectivity index (χ0n) is 9.88. The van der Waals surface area contributed by atoms with E-state index in [-0.39, 0.29) is 0 Å². The number of hydrogen-bond acceptors (Lipinski definition) is 3. The van der Waals surface area contributed by atoms with Gasteiger partial charge in [-0.2, -0.15) is 0 Å². The van der Waals surface area contributed by atoms with Crippen LogP contribution < -0.4 is 0 Å². The molecule has 3 N–H and O–H groups in total. The van der Waals surface area contributed by atoms with Crippen LogP contribution in [0, 0.1) is 0 Å². The molecule has 4 heteroatoms. The molecule has 0 saturated carbocycles. The fourth-order valence-corrected chi connectivity index (χ4v) is 2.13. The molecule has 16 heavy (non-hydrogen) atoms. The van der Waals surface area contributed by atoms with E-state index in [4.69, 9.17) is 15.3 Å². The molecule has 0 spiro atoms. The minimum absolute atomic E-state index is 0.711. The fourth-order valence-electron chi connectivity index (χ4n) is 1.25. The van der Waals surface area contributed by atoms with Crippen LogP contribution >= 0.6 is 0 Å². The summed E-state index contributed by atoms with van der Waals surface area (Å²) in [6.45, 7) is 0. The SMILES string of the molecule is CO.CO.CO.[Zr][CH]1C=Cc2ccccc21. The Morgan fingerprint density at radius 3 is 1.94 bits per heavy atom. The van der Waals surface area contributed by atoms with Gasteiger partial charge in [-0.25, -0.2) is 0 Å². The van der Waals surface area contributed by atoms with Crippen molar-refractivity contribution in [2.75, 3.05) is 21.3 Å². The summed E-state index contributed by atoms with van der Waals surface area (Å²) in [6, 6.07) is 8.60. The van der Waals surface area contributed by atoms with Crippen molar-refractivity contribution in [3.63, 3.8) is 0 Å². The minimum atomic E-state index is 0.711. The van der Waals surface area contributed by atoms with Crippen molar-refractivity contribution >= 4 is 6.08 Å². The molecule has 1 aliphatic rings. The predicted octanol–water partition coefficient (Wildman–Crippen LogP) is 1.13. The van der Waals surface area contributed by atoms with Gasteiger partial charge in [-0.15, -0.1) is 0 Å². The van der Waals surface area contributed by atoms with Crippen molar-refractivity contribution in [2.45, 2.75) is 3.63 Å². The predicted molar refractivity (Wildman–Crippen MR) is 62.6 cm³/mol. The number of allylic oxidation sites excluding steroid dienone is 1. The molecule has 0 amide bonds. The first kappa shape index (κ1) is 18.1. The number of hydrogen-bond donors (Lipinski definition) is 3. The summed E-state index contributed by atoms with van der Waals surface area (Å²) < 4.78 is 0.711. The molecule has 0 saturated heterocycles. The van der Waals surface area contributed by atoms with Crippen molar-refractivity contribution in [1.82, 2.24) is 0 Å². The number of fused-ring (bicyclic) bond motifs is 1. The van der Waals surface area contributed by atoms with Crippen LogP contribution in [-0.4, -0.2) is 36.6 Å². The topological polar surface area (TPSA) is 60.7 Å². The maximum absolute atomic E-state index is 7.00. The molecule has 3 nitrogen and oxygen atoms in total. The Kier molecular flexibility index (Phi) is 14.5. The zero-order valence-corrected chi connectivity index (χ0v) is 12.3. The Bertz CT molecular complexity index is 287. The quantitative estimate of drug-likeness (QED) is 0.673. The Balaban J connectivity index is 0. The van der Waals surface area contributed by atoms with Gasteiger partial charge in [-0.05, 0) is 0 Å². The van der Waals surface area contributed by atoms with Crippen LogP contribution in [0.15, 0.2) is 30.3 Å². The van der Waals surface area contributed by atoms with E-state index < -0.39 is 0 Å². The van der Waals surface area contributed by atoms with E-state index in [0.29, 0.717) is 3.63 Å². The molecule has 0 aromatic heterocycles. The van der Waals surface area contributed by atoms with Gasteiger partial charge < -0.3 is 15.3 Å². The van der Waals surface area contributed by atoms with Crippen molar-refractivity contribution in [2.24, 2.45) is 0 Å². The van der Waals surface area contributed by atoms with E-state index in [1.54, 1.807) is 24.7 Å². The van der Waals surface area contributed by atoms with Gasteiger partial charge >= 0.3 is 75.9 Å². The molecule has 1 aromatic carbocycles. The second kappa shape index (κ2) is 12.8. The summed E-state index contributed by atoms with van der Waals surface area (Å²) in [6.07, 6.45) is 4.50. The van der Waals surface area contributed by atoms with E-state index in [2.05, 4.69) is 36.4 Å². The summed E-state index contributed by atoms with van der Waals surface area (Å²) in [5.74, 6) is 0. The zero-order chi connectivity index (χ0) is 13.0. The van der Waals surface area contributed by atoms with E-state index in [9.17, 15) is 0 Å². The number of rotatable bonds is 0. The van der Waals surface area contributed by atoms with Crippen LogP contribution in [0.3, 0.4) is 0 Å². The summed E-state index contributed by atoms with van der Waals surface area (Å²) in [5, 5.41) is 21.0. The van der Waals surface area contributed by atoms with Gasteiger partial charge in [0, 0.05) is 21.3 Å². The summed E-state index contributed by atoms with van der Waals surface area (Å²) in [5.41, 5.74) is 2.91. The van der Waals surface area contributed by atoms with Gasteiger partial charge in [0.15, 0.2) is 0 Å². The van der Waals surface area contributed by atoms with Crippen LogP contribution in [0.2, 0.25) is 0 Å². The van der Waals surface area contributed by atoms with Gasteiger partial charge in [0.1, 0.15) is 0 Å². The summed E-state index contributed by atoms with van der Waals surface area (Å²) >= 11 is 1.59. The first-order valence-electron chi connectivity index (χ1n) is 4.70. The molecule has 89 valence electrons. The van der Waals surface area contributed by atoms with Crippen LogP contribution in [0.4, 0.5) is 0 Å². The Hall–Kier alpha value is -0.277. The van der Waals surface area contributed by atoms with Gasteiger partial charge in [0.05, 0.1) is 0 Å². The number of benzene rings is 1. The standard InChI is InChI=1S/C9H7.3CH4O.Zr/c1-2-5-9-7-3-6-8(9)4-1;3*1-2;/h1-7H;3*2H,1H3;. The van der Waals surface area contributed by atoms with Gasteiger partial charge in [0.25, 0.3) is 0 Å². The monoisotopic (exact) mass is 301 g/mol. The van der Waals surface area contributed by atoms with E-state index in [0.717, 1.165) is 21.3 Å². The van der Waals surface area contributed by atoms with Crippen LogP contribution in [0.25, 0.3) is 6.08 Å². The van der Waals surface area contributed by atoms with Gasteiger partial charge in [-0.1, -0.05) is 0 Å². The third-order valence-corrected chi connectivity index (χ3v) is 3.04. The number of aliphatic hydroxyl groups is 3. The molecule has 1 atom stereocenters. The third kappa shape index (κ3) is 5.71. The molecule has 0 radical (unpaired) electrons. The molecule has 2 rings (SSSR count). The molecule has 1 aliphatic carbocycles. The second-order valence-corrected chi connectivity index (χ2v) is 3.99. The molecule has 0 bridgehead atoms. The first-order chi connectivity index (χ1) is 7.88. The van der Waals surface area contributed by atoms with E-state index in [1.807, 2.05) is 0 Å². The molecule has 1 unspecified atom stereocenters. The second-order valence-electron chi connectivity index (χ2n) is 2.47. The van der Waals surface area contributed by atoms with Crippen molar-refractivity contribution in [3.8, 4) is 0 Å². The Morgan fingerprint density at radius 1 is 0.938 bits per heavy atom. The van der Waals surface area contributed by atoms with Crippen molar-refractivity contribution in [3.05, 3.63) is 41.5 Å². The average molecular weight is 303 g/mol. The van der Waals surface area contributed by atoms with Crippen molar-refractivity contribution < 1.29 is 40.0 Å². The molecule has 0 heterocycles. The fraction of sp³-hybridized carbons (Fsp3) is 0.333. The first-order valence-corrected chi connectivity index (χ1v) is 6.12. The van der Waals surface area contributed by atoms with E-state index >= 15 is 0 Å².